The second kappa shape index (κ2) is 8.94. The lowest BCUT2D eigenvalue weighted by molar-refractivity contribution is 0.0612. The smallest absolute Gasteiger partial charge is 0.261 e. The molecule has 2 aliphatic heterocycles. The summed E-state index contributed by atoms with van der Waals surface area (Å²) in [5.41, 5.74) is 3.90. The van der Waals surface area contributed by atoms with E-state index in [1.165, 1.54) is 6.20 Å². The highest BCUT2D eigenvalue weighted by atomic mass is 16.5. The third-order valence-corrected chi connectivity index (χ3v) is 7.43. The van der Waals surface area contributed by atoms with Crippen molar-refractivity contribution < 1.29 is 19.4 Å². The van der Waals surface area contributed by atoms with Gasteiger partial charge in [-0.3, -0.25) is 9.59 Å². The Bertz CT molecular complexity index is 1280. The highest BCUT2D eigenvalue weighted by molar-refractivity contribution is 6.10. The number of ether oxygens (including phenoxy) is 1. The van der Waals surface area contributed by atoms with Gasteiger partial charge < -0.3 is 25.0 Å². The first-order valence-electron chi connectivity index (χ1n) is 12.1. The van der Waals surface area contributed by atoms with Gasteiger partial charge in [0.15, 0.2) is 5.65 Å². The van der Waals surface area contributed by atoms with Gasteiger partial charge in [-0.2, -0.15) is 5.10 Å². The standard InChI is InChI=1S/C25H28N6O4/c32-15-16-3-1-4-21(16)30-14-17-11-20(22(12-18(17)25(30)34)29-7-9-35-10-8-29)28-24(33)19-13-27-31-6-2-5-26-23(19)31/h2,5-6,11-13,16,21,32H,1,3-4,7-10,14-15H2,(H,28,33)/t16-,21-/m1/s1. The van der Waals surface area contributed by atoms with Crippen LogP contribution in [0.25, 0.3) is 5.65 Å². The van der Waals surface area contributed by atoms with E-state index in [0.717, 1.165) is 30.5 Å². The predicted molar refractivity (Wildman–Crippen MR) is 129 cm³/mol. The van der Waals surface area contributed by atoms with Crippen molar-refractivity contribution in [1.29, 1.82) is 0 Å². The second-order valence-corrected chi connectivity index (χ2v) is 9.40. The number of benzene rings is 1. The number of aliphatic hydroxyl groups excluding tert-OH is 1. The zero-order valence-electron chi connectivity index (χ0n) is 19.4. The summed E-state index contributed by atoms with van der Waals surface area (Å²) in [4.78, 5) is 35.1. The number of nitrogens with zero attached hydrogens (tertiary/aromatic N) is 5. The maximum atomic E-state index is 13.4. The molecule has 2 amide bonds. The van der Waals surface area contributed by atoms with Crippen molar-refractivity contribution >= 4 is 28.8 Å². The van der Waals surface area contributed by atoms with Crippen LogP contribution in [0.4, 0.5) is 11.4 Å². The first kappa shape index (κ1) is 22.0. The summed E-state index contributed by atoms with van der Waals surface area (Å²) in [6.07, 6.45) is 7.76. The summed E-state index contributed by atoms with van der Waals surface area (Å²) < 4.78 is 7.09. The molecule has 0 spiro atoms. The van der Waals surface area contributed by atoms with Crippen LogP contribution >= 0.6 is 0 Å². The lowest BCUT2D eigenvalue weighted by atomic mass is 10.0. The molecule has 182 valence electrons. The van der Waals surface area contributed by atoms with Crippen LogP contribution in [-0.4, -0.2) is 75.4 Å². The number of anilines is 2. The Morgan fingerprint density at radius 3 is 2.91 bits per heavy atom. The van der Waals surface area contributed by atoms with E-state index in [4.69, 9.17) is 4.74 Å². The Kier molecular flexibility index (Phi) is 5.62. The summed E-state index contributed by atoms with van der Waals surface area (Å²) in [7, 11) is 0. The van der Waals surface area contributed by atoms with E-state index in [0.29, 0.717) is 55.3 Å². The Labute approximate surface area is 202 Å². The number of carbonyl (C=O) groups is 2. The predicted octanol–water partition coefficient (Wildman–Crippen LogP) is 1.93. The number of fused-ring (bicyclic) bond motifs is 2. The van der Waals surface area contributed by atoms with E-state index < -0.39 is 0 Å². The van der Waals surface area contributed by atoms with E-state index in [9.17, 15) is 14.7 Å². The van der Waals surface area contributed by atoms with Gasteiger partial charge in [-0.15, -0.1) is 0 Å². The molecule has 1 aliphatic carbocycles. The van der Waals surface area contributed by atoms with Gasteiger partial charge in [-0.1, -0.05) is 6.42 Å². The van der Waals surface area contributed by atoms with Gasteiger partial charge in [0, 0.05) is 56.2 Å². The molecule has 3 aromatic rings. The second-order valence-electron chi connectivity index (χ2n) is 9.40. The fourth-order valence-corrected chi connectivity index (χ4v) is 5.62. The molecule has 35 heavy (non-hydrogen) atoms. The highest BCUT2D eigenvalue weighted by Gasteiger charge is 2.39. The Hall–Kier alpha value is -3.50. The molecule has 2 aromatic heterocycles. The van der Waals surface area contributed by atoms with Crippen LogP contribution in [0.15, 0.2) is 36.8 Å². The van der Waals surface area contributed by atoms with Gasteiger partial charge in [0.25, 0.3) is 11.8 Å². The van der Waals surface area contributed by atoms with Crippen molar-refractivity contribution in [2.45, 2.75) is 31.8 Å². The third-order valence-electron chi connectivity index (χ3n) is 7.43. The number of hydrogen-bond acceptors (Lipinski definition) is 7. The van der Waals surface area contributed by atoms with Gasteiger partial charge in [0.2, 0.25) is 0 Å². The molecule has 4 heterocycles. The third kappa shape index (κ3) is 3.82. The lowest BCUT2D eigenvalue weighted by Crippen LogP contribution is -2.39. The van der Waals surface area contributed by atoms with Gasteiger partial charge >= 0.3 is 0 Å². The zero-order valence-corrected chi connectivity index (χ0v) is 19.4. The molecule has 1 saturated heterocycles. The van der Waals surface area contributed by atoms with E-state index in [2.05, 4.69) is 20.3 Å². The number of hydrogen-bond donors (Lipinski definition) is 2. The summed E-state index contributed by atoms with van der Waals surface area (Å²) in [5, 5.41) is 17.1. The van der Waals surface area contributed by atoms with Gasteiger partial charge in [-0.25, -0.2) is 9.50 Å². The lowest BCUT2D eigenvalue weighted by Gasteiger charge is -2.31. The number of rotatable bonds is 5. The van der Waals surface area contributed by atoms with Gasteiger partial charge in [0.05, 0.1) is 30.8 Å². The first-order valence-corrected chi connectivity index (χ1v) is 12.1. The molecular formula is C25H28N6O4. The van der Waals surface area contributed by atoms with Crippen molar-refractivity contribution in [2.75, 3.05) is 43.1 Å². The minimum Gasteiger partial charge on any atom is -0.396 e. The number of amides is 2. The molecule has 1 aromatic carbocycles. The molecule has 3 aliphatic rings. The van der Waals surface area contributed by atoms with E-state index in [1.54, 1.807) is 23.0 Å². The fraction of sp³-hybridized carbons (Fsp3) is 0.440. The average molecular weight is 477 g/mol. The average Bonchev–Trinajstić information content (AvgIpc) is 3.61. The maximum Gasteiger partial charge on any atom is 0.261 e. The van der Waals surface area contributed by atoms with Crippen molar-refractivity contribution in [1.82, 2.24) is 19.5 Å². The number of nitrogens with one attached hydrogen (secondary N) is 1. The summed E-state index contributed by atoms with van der Waals surface area (Å²) >= 11 is 0. The van der Waals surface area contributed by atoms with Crippen molar-refractivity contribution in [2.24, 2.45) is 5.92 Å². The number of carbonyl (C=O) groups excluding carboxylic acids is 2. The minimum atomic E-state index is -0.300. The van der Waals surface area contributed by atoms with Crippen LogP contribution in [-0.2, 0) is 11.3 Å². The molecule has 6 rings (SSSR count). The van der Waals surface area contributed by atoms with Crippen LogP contribution < -0.4 is 10.2 Å². The number of morpholine rings is 1. The highest BCUT2D eigenvalue weighted by Crippen LogP contribution is 2.39. The number of aromatic nitrogens is 3. The van der Waals surface area contributed by atoms with Crippen LogP contribution in [0, 0.1) is 5.92 Å². The molecular weight excluding hydrogens is 448 g/mol. The van der Waals surface area contributed by atoms with E-state index in [-0.39, 0.29) is 30.4 Å². The Morgan fingerprint density at radius 2 is 2.09 bits per heavy atom. The van der Waals surface area contributed by atoms with Crippen LogP contribution in [0.1, 0.15) is 45.5 Å². The monoisotopic (exact) mass is 476 g/mol. The molecule has 0 radical (unpaired) electrons. The molecule has 1 saturated carbocycles. The quantitative estimate of drug-likeness (QED) is 0.579. The largest absolute Gasteiger partial charge is 0.396 e. The molecule has 2 atom stereocenters. The molecule has 0 bridgehead atoms. The molecule has 2 N–H and O–H groups in total. The van der Waals surface area contributed by atoms with Crippen LogP contribution in [0.5, 0.6) is 0 Å². The van der Waals surface area contributed by atoms with E-state index in [1.807, 2.05) is 17.0 Å². The topological polar surface area (TPSA) is 112 Å². The molecule has 10 nitrogen and oxygen atoms in total. The van der Waals surface area contributed by atoms with Crippen LogP contribution in [0.2, 0.25) is 0 Å². The van der Waals surface area contributed by atoms with Crippen LogP contribution in [0.3, 0.4) is 0 Å². The SMILES string of the molecule is O=C(Nc1cc2c(cc1N1CCOCC1)C(=O)N([C@@H]1CCC[C@@H]1CO)C2)c1cnn2cccnc12. The Balaban J connectivity index is 1.35. The zero-order chi connectivity index (χ0) is 23.9. The van der Waals surface area contributed by atoms with Gasteiger partial charge in [0.1, 0.15) is 5.56 Å². The first-order chi connectivity index (χ1) is 17.1. The molecule has 2 fully saturated rings. The summed E-state index contributed by atoms with van der Waals surface area (Å²) in [6.45, 7) is 3.10. The normalized spacial score (nSPS) is 22.1. The van der Waals surface area contributed by atoms with E-state index >= 15 is 0 Å². The summed E-state index contributed by atoms with van der Waals surface area (Å²) in [5.74, 6) is -0.177. The molecule has 10 heteroatoms. The minimum absolute atomic E-state index is 0.00423. The van der Waals surface area contributed by atoms with Gasteiger partial charge in [-0.05, 0) is 36.6 Å². The molecule has 0 unspecified atom stereocenters. The Morgan fingerprint density at radius 1 is 1.23 bits per heavy atom. The maximum absolute atomic E-state index is 13.4. The van der Waals surface area contributed by atoms with Crippen molar-refractivity contribution in [3.05, 3.63) is 53.5 Å². The summed E-state index contributed by atoms with van der Waals surface area (Å²) in [6, 6.07) is 5.65. The van der Waals surface area contributed by atoms with Crippen molar-refractivity contribution in [3.63, 3.8) is 0 Å². The van der Waals surface area contributed by atoms with Crippen molar-refractivity contribution in [3.8, 4) is 0 Å². The fourth-order valence-electron chi connectivity index (χ4n) is 5.62. The number of aliphatic hydroxyl groups is 1.